The molecular weight excluding hydrogens is 436 g/mol. The van der Waals surface area contributed by atoms with Gasteiger partial charge in [-0.3, -0.25) is 4.90 Å². The van der Waals surface area contributed by atoms with Crippen molar-refractivity contribution in [1.82, 2.24) is 9.88 Å². The smallest absolute Gasteiger partial charge is 0.129 e. The second-order valence-corrected chi connectivity index (χ2v) is 8.74. The average Bonchev–Trinajstić information content (AvgIpc) is 3.19. The van der Waals surface area contributed by atoms with Crippen molar-refractivity contribution in [1.29, 1.82) is 0 Å². The van der Waals surface area contributed by atoms with Crippen LogP contribution in [0.1, 0.15) is 19.8 Å². The molecule has 5 rings (SSSR count). The minimum atomic E-state index is -0.551. The molecule has 4 aromatic rings. The molecule has 5 nitrogen and oxygen atoms in total. The number of aromatic nitrogens is 1. The van der Waals surface area contributed by atoms with E-state index in [0.717, 1.165) is 52.7 Å². The van der Waals surface area contributed by atoms with E-state index in [4.69, 9.17) is 9.47 Å². The first-order valence-electron chi connectivity index (χ1n) is 11.4. The zero-order chi connectivity index (χ0) is 21.9. The van der Waals surface area contributed by atoms with Crippen LogP contribution in [0, 0.1) is 0 Å². The number of nitrogens with zero attached hydrogens (tertiary/aromatic N) is 1. The summed E-state index contributed by atoms with van der Waals surface area (Å²) in [6.45, 7) is 3.99. The topological polar surface area (TPSA) is 57.7 Å². The highest BCUT2D eigenvalue weighted by Crippen LogP contribution is 2.33. The van der Waals surface area contributed by atoms with Crippen LogP contribution in [0.5, 0.6) is 11.5 Å². The molecule has 33 heavy (non-hydrogen) atoms. The van der Waals surface area contributed by atoms with Gasteiger partial charge in [-0.15, -0.1) is 12.4 Å². The zero-order valence-corrected chi connectivity index (χ0v) is 19.6. The Bertz CT molecular complexity index is 1180. The van der Waals surface area contributed by atoms with Crippen LogP contribution in [0.4, 0.5) is 0 Å². The van der Waals surface area contributed by atoms with Gasteiger partial charge in [0.25, 0.3) is 0 Å². The SMILES string of the molecule is CC1CC(Oc2ccccc2)CCN1CC(O)COc1cccc2[nH]c3ccccc3c12.Cl. The van der Waals surface area contributed by atoms with E-state index < -0.39 is 6.10 Å². The van der Waals surface area contributed by atoms with Crippen molar-refractivity contribution in [3.63, 3.8) is 0 Å². The summed E-state index contributed by atoms with van der Waals surface area (Å²) in [4.78, 5) is 5.77. The number of β-amino-alcohol motifs (C(OH)–C–C–N with tert-alkyl or cyclic N) is 1. The highest BCUT2D eigenvalue weighted by Gasteiger charge is 2.28. The van der Waals surface area contributed by atoms with Crippen molar-refractivity contribution >= 4 is 34.2 Å². The number of aromatic amines is 1. The second-order valence-electron chi connectivity index (χ2n) is 8.74. The minimum Gasteiger partial charge on any atom is -0.490 e. The van der Waals surface area contributed by atoms with E-state index in [1.165, 1.54) is 0 Å². The highest BCUT2D eigenvalue weighted by molar-refractivity contribution is 6.10. The number of halogens is 1. The summed E-state index contributed by atoms with van der Waals surface area (Å²) in [5, 5.41) is 12.9. The number of para-hydroxylation sites is 2. The van der Waals surface area contributed by atoms with Gasteiger partial charge in [0.15, 0.2) is 0 Å². The molecular formula is C27H31ClN2O3. The molecule has 174 valence electrons. The van der Waals surface area contributed by atoms with Crippen molar-refractivity contribution in [2.45, 2.75) is 38.0 Å². The van der Waals surface area contributed by atoms with Crippen LogP contribution in [0.2, 0.25) is 0 Å². The lowest BCUT2D eigenvalue weighted by Gasteiger charge is -2.38. The Kier molecular flexibility index (Phi) is 7.43. The number of hydrogen-bond acceptors (Lipinski definition) is 4. The summed E-state index contributed by atoms with van der Waals surface area (Å²) in [6.07, 6.45) is 1.58. The summed E-state index contributed by atoms with van der Waals surface area (Å²) in [6, 6.07) is 24.6. The number of hydrogen-bond donors (Lipinski definition) is 2. The molecule has 3 atom stereocenters. The standard InChI is InChI=1S/C27H30N2O3.ClH/c1-19-16-22(32-21-8-3-2-4-9-21)14-15-29(19)17-20(30)18-31-26-13-7-12-25-27(26)23-10-5-6-11-24(23)28-25;/h2-13,19-20,22,28,30H,14-18H2,1H3;1H. The highest BCUT2D eigenvalue weighted by atomic mass is 35.5. The van der Waals surface area contributed by atoms with Gasteiger partial charge in [0.1, 0.15) is 30.3 Å². The van der Waals surface area contributed by atoms with Gasteiger partial charge in [-0.2, -0.15) is 0 Å². The molecule has 3 aromatic carbocycles. The Labute approximate surface area is 200 Å². The summed E-state index contributed by atoms with van der Waals surface area (Å²) in [5.41, 5.74) is 2.14. The number of ether oxygens (including phenoxy) is 2. The van der Waals surface area contributed by atoms with E-state index in [1.54, 1.807) is 0 Å². The van der Waals surface area contributed by atoms with Gasteiger partial charge in [0.05, 0.1) is 5.52 Å². The average molecular weight is 467 g/mol. The van der Waals surface area contributed by atoms with Crippen molar-refractivity contribution in [3.05, 3.63) is 72.8 Å². The summed E-state index contributed by atoms with van der Waals surface area (Å²) in [5.74, 6) is 1.74. The molecule has 2 heterocycles. The van der Waals surface area contributed by atoms with Crippen LogP contribution in [-0.4, -0.2) is 52.9 Å². The van der Waals surface area contributed by atoms with Gasteiger partial charge in [-0.25, -0.2) is 0 Å². The molecule has 1 aromatic heterocycles. The van der Waals surface area contributed by atoms with Crippen molar-refractivity contribution in [2.75, 3.05) is 19.7 Å². The van der Waals surface area contributed by atoms with E-state index >= 15 is 0 Å². The molecule has 1 aliphatic rings. The quantitative estimate of drug-likeness (QED) is 0.382. The Balaban J connectivity index is 0.00000259. The predicted octanol–water partition coefficient (Wildman–Crippen LogP) is 5.41. The lowest BCUT2D eigenvalue weighted by Crippen LogP contribution is -2.48. The Morgan fingerprint density at radius 1 is 1.00 bits per heavy atom. The molecule has 3 unspecified atom stereocenters. The monoisotopic (exact) mass is 466 g/mol. The minimum absolute atomic E-state index is 0. The van der Waals surface area contributed by atoms with E-state index in [2.05, 4.69) is 35.0 Å². The maximum atomic E-state index is 10.7. The van der Waals surface area contributed by atoms with Crippen LogP contribution in [0.15, 0.2) is 72.8 Å². The third-order valence-corrected chi connectivity index (χ3v) is 6.38. The number of aliphatic hydroxyl groups excluding tert-OH is 1. The number of rotatable bonds is 7. The fourth-order valence-electron chi connectivity index (χ4n) is 4.75. The Morgan fingerprint density at radius 2 is 1.76 bits per heavy atom. The molecule has 0 aliphatic carbocycles. The summed E-state index contributed by atoms with van der Waals surface area (Å²) < 4.78 is 12.2. The fourth-order valence-corrected chi connectivity index (χ4v) is 4.75. The maximum absolute atomic E-state index is 10.7. The van der Waals surface area contributed by atoms with Crippen LogP contribution in [0.25, 0.3) is 21.8 Å². The predicted molar refractivity (Wildman–Crippen MR) is 136 cm³/mol. The normalized spacial score (nSPS) is 19.8. The van der Waals surface area contributed by atoms with Gasteiger partial charge in [0, 0.05) is 35.4 Å². The lowest BCUT2D eigenvalue weighted by molar-refractivity contribution is 0.0155. The molecule has 0 amide bonds. The van der Waals surface area contributed by atoms with E-state index in [1.807, 2.05) is 54.6 Å². The molecule has 0 bridgehead atoms. The molecule has 0 spiro atoms. The Morgan fingerprint density at radius 3 is 2.58 bits per heavy atom. The molecule has 0 saturated carbocycles. The van der Waals surface area contributed by atoms with Gasteiger partial charge in [0.2, 0.25) is 0 Å². The molecule has 1 saturated heterocycles. The largest absolute Gasteiger partial charge is 0.490 e. The molecule has 2 N–H and O–H groups in total. The molecule has 0 radical (unpaired) electrons. The number of likely N-dealkylation sites (tertiary alicyclic amines) is 1. The Hall–Kier alpha value is -2.73. The van der Waals surface area contributed by atoms with Crippen LogP contribution in [0.3, 0.4) is 0 Å². The van der Waals surface area contributed by atoms with Crippen LogP contribution < -0.4 is 9.47 Å². The van der Waals surface area contributed by atoms with Crippen molar-refractivity contribution in [2.24, 2.45) is 0 Å². The number of piperidine rings is 1. The van der Waals surface area contributed by atoms with Gasteiger partial charge >= 0.3 is 0 Å². The van der Waals surface area contributed by atoms with E-state index in [9.17, 15) is 5.11 Å². The lowest BCUT2D eigenvalue weighted by atomic mass is 10.00. The third-order valence-electron chi connectivity index (χ3n) is 6.38. The van der Waals surface area contributed by atoms with Gasteiger partial charge in [-0.05, 0) is 50.1 Å². The first-order valence-corrected chi connectivity index (χ1v) is 11.4. The van der Waals surface area contributed by atoms with Crippen molar-refractivity contribution < 1.29 is 14.6 Å². The van der Waals surface area contributed by atoms with Gasteiger partial charge < -0.3 is 19.6 Å². The van der Waals surface area contributed by atoms with E-state index in [-0.39, 0.29) is 25.1 Å². The molecule has 6 heteroatoms. The molecule has 1 aliphatic heterocycles. The maximum Gasteiger partial charge on any atom is 0.129 e. The van der Waals surface area contributed by atoms with Crippen LogP contribution >= 0.6 is 12.4 Å². The fraction of sp³-hybridized carbons (Fsp3) is 0.333. The number of H-pyrrole nitrogens is 1. The second kappa shape index (κ2) is 10.5. The summed E-state index contributed by atoms with van der Waals surface area (Å²) >= 11 is 0. The first kappa shape index (κ1) is 23.4. The molecule has 1 fully saturated rings. The number of fused-ring (bicyclic) bond motifs is 3. The zero-order valence-electron chi connectivity index (χ0n) is 18.8. The van der Waals surface area contributed by atoms with Crippen molar-refractivity contribution in [3.8, 4) is 11.5 Å². The van der Waals surface area contributed by atoms with Gasteiger partial charge in [-0.1, -0.05) is 42.5 Å². The van der Waals surface area contributed by atoms with Crippen LogP contribution in [-0.2, 0) is 0 Å². The summed E-state index contributed by atoms with van der Waals surface area (Å²) in [7, 11) is 0. The third kappa shape index (κ3) is 5.27. The number of benzene rings is 3. The first-order chi connectivity index (χ1) is 15.7. The number of aliphatic hydroxyl groups is 1. The van der Waals surface area contributed by atoms with E-state index in [0.29, 0.717) is 12.6 Å². The number of nitrogens with one attached hydrogen (secondary N) is 1.